The van der Waals surface area contributed by atoms with Gasteiger partial charge < -0.3 is 15.5 Å². The van der Waals surface area contributed by atoms with Crippen LogP contribution < -0.4 is 15.5 Å². The number of amides is 2. The van der Waals surface area contributed by atoms with Crippen LogP contribution in [0.5, 0.6) is 0 Å². The Hall–Kier alpha value is -2.25. The van der Waals surface area contributed by atoms with Crippen molar-refractivity contribution >= 4 is 39.1 Å². The number of carbonyl (C=O) groups is 2. The lowest BCUT2D eigenvalue weighted by Gasteiger charge is -2.14. The Morgan fingerprint density at radius 1 is 1.00 bits per heavy atom. The topological polar surface area (TPSA) is 62.6 Å². The molecule has 0 aliphatic heterocycles. The first-order valence-electron chi connectivity index (χ1n) is 7.35. The molecule has 0 aliphatic rings. The second-order valence-corrected chi connectivity index (χ2v) is 6.25. The average molecular weight is 395 g/mol. The lowest BCUT2D eigenvalue weighted by Crippen LogP contribution is -3.11. The molecule has 2 aromatic rings. The van der Waals surface area contributed by atoms with Crippen LogP contribution in [0.4, 0.5) is 15.8 Å². The van der Waals surface area contributed by atoms with Crippen molar-refractivity contribution in [2.75, 3.05) is 30.8 Å². The largest absolute Gasteiger partial charge is 0.322 e. The third kappa shape index (κ3) is 5.75. The van der Waals surface area contributed by atoms with Crippen molar-refractivity contribution in [3.63, 3.8) is 0 Å². The standard InChI is InChI=1S/C17H17BrFN3O2/c1-22(10-16(23)20-13-8-6-12(19)7-9-13)11-17(24)21-15-5-3-2-4-14(15)18/h2-9H,10-11H2,1H3,(H,20,23)(H,21,24)/p+1. The molecule has 7 heteroatoms. The zero-order valence-electron chi connectivity index (χ0n) is 13.1. The normalized spacial score (nSPS) is 11.6. The first-order valence-corrected chi connectivity index (χ1v) is 8.14. The Bertz CT molecular complexity index is 722. The van der Waals surface area contributed by atoms with Crippen LogP contribution in [0.2, 0.25) is 0 Å². The molecule has 1 atom stereocenters. The number of hydrogen-bond donors (Lipinski definition) is 3. The number of hydrogen-bond acceptors (Lipinski definition) is 2. The predicted octanol–water partition coefficient (Wildman–Crippen LogP) is 1.68. The van der Waals surface area contributed by atoms with E-state index in [9.17, 15) is 14.0 Å². The van der Waals surface area contributed by atoms with Gasteiger partial charge in [0.15, 0.2) is 13.1 Å². The molecule has 0 bridgehead atoms. The molecule has 3 N–H and O–H groups in total. The molecule has 2 amide bonds. The van der Waals surface area contributed by atoms with Crippen LogP contribution in [-0.2, 0) is 9.59 Å². The van der Waals surface area contributed by atoms with E-state index in [-0.39, 0.29) is 30.7 Å². The first-order chi connectivity index (χ1) is 11.4. The lowest BCUT2D eigenvalue weighted by molar-refractivity contribution is -0.862. The van der Waals surface area contributed by atoms with Gasteiger partial charge in [0.25, 0.3) is 11.8 Å². The van der Waals surface area contributed by atoms with Gasteiger partial charge in [-0.3, -0.25) is 9.59 Å². The Morgan fingerprint density at radius 2 is 1.58 bits per heavy atom. The highest BCUT2D eigenvalue weighted by Crippen LogP contribution is 2.20. The second-order valence-electron chi connectivity index (χ2n) is 5.39. The molecule has 5 nitrogen and oxygen atoms in total. The smallest absolute Gasteiger partial charge is 0.279 e. The minimum atomic E-state index is -0.362. The Balaban J connectivity index is 1.80. The van der Waals surface area contributed by atoms with Crippen LogP contribution in [0.3, 0.4) is 0 Å². The molecule has 0 saturated carbocycles. The molecule has 0 fully saturated rings. The Kier molecular flexibility index (Phi) is 6.45. The number of likely N-dealkylation sites (N-methyl/N-ethyl adjacent to an activating group) is 1. The van der Waals surface area contributed by atoms with Gasteiger partial charge in [-0.25, -0.2) is 4.39 Å². The summed E-state index contributed by atoms with van der Waals surface area (Å²) in [5, 5.41) is 5.46. The Labute approximate surface area is 148 Å². The van der Waals surface area contributed by atoms with Crippen molar-refractivity contribution in [1.82, 2.24) is 0 Å². The zero-order chi connectivity index (χ0) is 17.5. The number of quaternary nitrogens is 1. The van der Waals surface area contributed by atoms with E-state index in [1.54, 1.807) is 13.1 Å². The highest BCUT2D eigenvalue weighted by molar-refractivity contribution is 9.10. The van der Waals surface area contributed by atoms with Gasteiger partial charge in [0, 0.05) is 10.2 Å². The molecule has 24 heavy (non-hydrogen) atoms. The summed E-state index contributed by atoms with van der Waals surface area (Å²) >= 11 is 3.36. The average Bonchev–Trinajstić information content (AvgIpc) is 2.51. The molecule has 0 saturated heterocycles. The molecule has 0 radical (unpaired) electrons. The van der Waals surface area contributed by atoms with Crippen LogP contribution in [0.25, 0.3) is 0 Å². The summed E-state index contributed by atoms with van der Waals surface area (Å²) in [6, 6.07) is 12.8. The SMILES string of the molecule is C[NH+](CC(=O)Nc1ccc(F)cc1)CC(=O)Nc1ccccc1Br. The van der Waals surface area contributed by atoms with Crippen LogP contribution in [0.15, 0.2) is 53.0 Å². The fourth-order valence-electron chi connectivity index (χ4n) is 2.11. The van der Waals surface area contributed by atoms with E-state index in [1.807, 2.05) is 18.2 Å². The summed E-state index contributed by atoms with van der Waals surface area (Å²) in [6.07, 6.45) is 0. The number of nitrogens with one attached hydrogen (secondary N) is 3. The molecule has 0 aliphatic carbocycles. The van der Waals surface area contributed by atoms with Gasteiger partial charge in [-0.1, -0.05) is 12.1 Å². The summed E-state index contributed by atoms with van der Waals surface area (Å²) < 4.78 is 13.6. The van der Waals surface area contributed by atoms with Crippen molar-refractivity contribution < 1.29 is 18.9 Å². The number of para-hydroxylation sites is 1. The maximum Gasteiger partial charge on any atom is 0.279 e. The maximum absolute atomic E-state index is 12.8. The molecule has 0 spiro atoms. The van der Waals surface area contributed by atoms with Crippen LogP contribution in [0.1, 0.15) is 0 Å². The molecule has 0 aromatic heterocycles. The minimum Gasteiger partial charge on any atom is -0.322 e. The van der Waals surface area contributed by atoms with Gasteiger partial charge in [0.1, 0.15) is 5.82 Å². The van der Waals surface area contributed by atoms with Gasteiger partial charge >= 0.3 is 0 Å². The van der Waals surface area contributed by atoms with Crippen LogP contribution in [-0.4, -0.2) is 32.0 Å². The van der Waals surface area contributed by atoms with E-state index in [0.29, 0.717) is 11.4 Å². The second kappa shape index (κ2) is 8.56. The summed E-state index contributed by atoms with van der Waals surface area (Å²) in [6.45, 7) is 0.277. The molecular formula is C17H18BrFN3O2+. The third-order valence-electron chi connectivity index (χ3n) is 3.20. The molecule has 1 unspecified atom stereocenters. The minimum absolute atomic E-state index is 0.126. The highest BCUT2D eigenvalue weighted by Gasteiger charge is 2.15. The third-order valence-corrected chi connectivity index (χ3v) is 3.89. The summed E-state index contributed by atoms with van der Waals surface area (Å²) in [5.41, 5.74) is 1.21. The molecular weight excluding hydrogens is 377 g/mol. The zero-order valence-corrected chi connectivity index (χ0v) is 14.7. The van der Waals surface area contributed by atoms with Crippen molar-refractivity contribution in [1.29, 1.82) is 0 Å². The number of anilines is 2. The van der Waals surface area contributed by atoms with Gasteiger partial charge in [-0.2, -0.15) is 0 Å². The monoisotopic (exact) mass is 394 g/mol. The summed E-state index contributed by atoms with van der Waals surface area (Å²) in [5.74, 6) is -0.790. The molecule has 126 valence electrons. The van der Waals surface area contributed by atoms with Crippen molar-refractivity contribution in [3.8, 4) is 0 Å². The fourth-order valence-corrected chi connectivity index (χ4v) is 2.49. The molecule has 2 rings (SSSR count). The Morgan fingerprint density at radius 3 is 2.21 bits per heavy atom. The lowest BCUT2D eigenvalue weighted by atomic mass is 10.3. The van der Waals surface area contributed by atoms with Gasteiger partial charge in [-0.05, 0) is 52.3 Å². The number of rotatable bonds is 6. The van der Waals surface area contributed by atoms with Gasteiger partial charge in [-0.15, -0.1) is 0 Å². The fraction of sp³-hybridized carbons (Fsp3) is 0.176. The predicted molar refractivity (Wildman–Crippen MR) is 94.4 cm³/mol. The first kappa shape index (κ1) is 18.1. The van der Waals surface area contributed by atoms with E-state index >= 15 is 0 Å². The molecule has 0 heterocycles. The van der Waals surface area contributed by atoms with Crippen molar-refractivity contribution in [2.45, 2.75) is 0 Å². The van der Waals surface area contributed by atoms with Crippen molar-refractivity contribution in [2.24, 2.45) is 0 Å². The van der Waals surface area contributed by atoms with Crippen molar-refractivity contribution in [3.05, 3.63) is 58.8 Å². The summed E-state index contributed by atoms with van der Waals surface area (Å²) in [4.78, 5) is 24.7. The van der Waals surface area contributed by atoms with Crippen LogP contribution >= 0.6 is 15.9 Å². The van der Waals surface area contributed by atoms with Gasteiger partial charge in [0.05, 0.1) is 12.7 Å². The number of benzene rings is 2. The van der Waals surface area contributed by atoms with E-state index in [0.717, 1.165) is 9.37 Å². The quantitative estimate of drug-likeness (QED) is 0.697. The highest BCUT2D eigenvalue weighted by atomic mass is 79.9. The van der Waals surface area contributed by atoms with Crippen LogP contribution in [0, 0.1) is 5.82 Å². The van der Waals surface area contributed by atoms with E-state index in [2.05, 4.69) is 26.6 Å². The number of halogens is 2. The molecule has 2 aromatic carbocycles. The number of carbonyl (C=O) groups excluding carboxylic acids is 2. The van der Waals surface area contributed by atoms with E-state index in [4.69, 9.17) is 0 Å². The van der Waals surface area contributed by atoms with E-state index < -0.39 is 0 Å². The summed E-state index contributed by atoms with van der Waals surface area (Å²) in [7, 11) is 1.75. The van der Waals surface area contributed by atoms with Gasteiger partial charge in [0.2, 0.25) is 0 Å². The maximum atomic E-state index is 12.8. The van der Waals surface area contributed by atoms with E-state index in [1.165, 1.54) is 24.3 Å².